The van der Waals surface area contributed by atoms with Crippen LogP contribution in [0.5, 0.6) is 5.75 Å². The van der Waals surface area contributed by atoms with Gasteiger partial charge in [0.1, 0.15) is 5.75 Å². The van der Waals surface area contributed by atoms with Gasteiger partial charge >= 0.3 is 6.09 Å². The summed E-state index contributed by atoms with van der Waals surface area (Å²) in [5.41, 5.74) is 2.14. The zero-order chi connectivity index (χ0) is 19.3. The molecule has 140 valence electrons. The lowest BCUT2D eigenvalue weighted by Gasteiger charge is -2.20. The number of hydrogen-bond acceptors (Lipinski definition) is 5. The highest BCUT2D eigenvalue weighted by Gasteiger charge is 2.31. The molecule has 2 rings (SSSR count). The van der Waals surface area contributed by atoms with E-state index in [0.29, 0.717) is 11.3 Å². The third-order valence-corrected chi connectivity index (χ3v) is 5.85. The minimum Gasteiger partial charge on any atom is -0.496 e. The molecule has 0 aliphatic heterocycles. The lowest BCUT2D eigenvalue weighted by Crippen LogP contribution is -2.34. The van der Waals surface area contributed by atoms with Crippen molar-refractivity contribution in [3.8, 4) is 5.75 Å². The molecule has 0 saturated carbocycles. The van der Waals surface area contributed by atoms with E-state index in [9.17, 15) is 13.2 Å². The van der Waals surface area contributed by atoms with Gasteiger partial charge in [0.15, 0.2) is 5.37 Å². The van der Waals surface area contributed by atoms with Gasteiger partial charge in [-0.15, -0.1) is 0 Å². The molecule has 1 amide bonds. The van der Waals surface area contributed by atoms with Crippen molar-refractivity contribution in [3.05, 3.63) is 59.2 Å². The van der Waals surface area contributed by atoms with Crippen LogP contribution in [0.1, 0.15) is 29.0 Å². The fourth-order valence-corrected chi connectivity index (χ4v) is 4.09. The zero-order valence-electron chi connectivity index (χ0n) is 15.3. The van der Waals surface area contributed by atoms with Crippen LogP contribution in [-0.2, 0) is 14.6 Å². The number of alkyl carbamates (subject to hydrolysis) is 1. The lowest BCUT2D eigenvalue weighted by molar-refractivity contribution is 0.151. The van der Waals surface area contributed by atoms with E-state index in [0.717, 1.165) is 11.1 Å². The molecule has 0 fully saturated rings. The number of benzene rings is 2. The maximum absolute atomic E-state index is 13.1. The number of methoxy groups -OCH3 is 1. The number of hydrogen-bond donors (Lipinski definition) is 1. The molecule has 1 atom stereocenters. The van der Waals surface area contributed by atoms with Gasteiger partial charge < -0.3 is 14.8 Å². The summed E-state index contributed by atoms with van der Waals surface area (Å²) in [7, 11) is -2.33. The summed E-state index contributed by atoms with van der Waals surface area (Å²) in [4.78, 5) is 12.1. The SMILES string of the molecule is CCOC(=O)NC(c1ccc(OC)c(C)c1)S(=O)(=O)c1ccc(C)cc1. The first-order valence-electron chi connectivity index (χ1n) is 8.18. The highest BCUT2D eigenvalue weighted by atomic mass is 32.2. The highest BCUT2D eigenvalue weighted by Crippen LogP contribution is 2.30. The maximum atomic E-state index is 13.1. The molecule has 0 saturated heterocycles. The first kappa shape index (κ1) is 19.8. The number of nitrogens with one attached hydrogen (secondary N) is 1. The second-order valence-corrected chi connectivity index (χ2v) is 7.86. The van der Waals surface area contributed by atoms with Crippen molar-refractivity contribution in [2.24, 2.45) is 0 Å². The van der Waals surface area contributed by atoms with Crippen LogP contribution in [0, 0.1) is 13.8 Å². The Labute approximate surface area is 154 Å². The van der Waals surface area contributed by atoms with E-state index in [-0.39, 0.29) is 11.5 Å². The second-order valence-electron chi connectivity index (χ2n) is 5.83. The van der Waals surface area contributed by atoms with Crippen molar-refractivity contribution in [2.75, 3.05) is 13.7 Å². The molecular formula is C19H23NO5S. The summed E-state index contributed by atoms with van der Waals surface area (Å²) in [6.07, 6.45) is -0.790. The van der Waals surface area contributed by atoms with Gasteiger partial charge in [-0.25, -0.2) is 13.2 Å². The normalized spacial score (nSPS) is 12.3. The maximum Gasteiger partial charge on any atom is 0.408 e. The Balaban J connectivity index is 2.51. The standard InChI is InChI=1S/C19H23NO5S/c1-5-25-19(21)20-18(15-8-11-17(24-4)14(3)12-15)26(22,23)16-9-6-13(2)7-10-16/h6-12,18H,5H2,1-4H3,(H,20,21). The van der Waals surface area contributed by atoms with Crippen molar-refractivity contribution < 1.29 is 22.7 Å². The van der Waals surface area contributed by atoms with Crippen molar-refractivity contribution in [2.45, 2.75) is 31.0 Å². The minimum absolute atomic E-state index is 0.123. The van der Waals surface area contributed by atoms with E-state index in [2.05, 4.69) is 5.32 Å². The minimum atomic E-state index is -3.87. The number of sulfone groups is 1. The molecule has 0 heterocycles. The predicted molar refractivity (Wildman–Crippen MR) is 99.0 cm³/mol. The van der Waals surface area contributed by atoms with Gasteiger partial charge in [-0.2, -0.15) is 0 Å². The van der Waals surface area contributed by atoms with Crippen LogP contribution >= 0.6 is 0 Å². The number of rotatable bonds is 6. The number of carbonyl (C=O) groups is 1. The van der Waals surface area contributed by atoms with E-state index in [1.165, 1.54) is 12.1 Å². The van der Waals surface area contributed by atoms with E-state index in [4.69, 9.17) is 9.47 Å². The van der Waals surface area contributed by atoms with Crippen molar-refractivity contribution in [1.82, 2.24) is 5.32 Å². The molecule has 0 radical (unpaired) electrons. The monoisotopic (exact) mass is 377 g/mol. The van der Waals surface area contributed by atoms with Gasteiger partial charge in [-0.3, -0.25) is 0 Å². The average Bonchev–Trinajstić information content (AvgIpc) is 2.60. The molecular weight excluding hydrogens is 354 g/mol. The van der Waals surface area contributed by atoms with Crippen LogP contribution in [0.4, 0.5) is 4.79 Å². The largest absolute Gasteiger partial charge is 0.496 e. The van der Waals surface area contributed by atoms with Crippen LogP contribution in [0.25, 0.3) is 0 Å². The Morgan fingerprint density at radius 2 is 1.77 bits per heavy atom. The molecule has 1 unspecified atom stereocenters. The zero-order valence-corrected chi connectivity index (χ0v) is 16.1. The van der Waals surface area contributed by atoms with Crippen molar-refractivity contribution in [3.63, 3.8) is 0 Å². The third-order valence-electron chi connectivity index (χ3n) is 3.91. The summed E-state index contributed by atoms with van der Waals surface area (Å²) < 4.78 is 36.4. The fraction of sp³-hybridized carbons (Fsp3) is 0.316. The van der Waals surface area contributed by atoms with Crippen molar-refractivity contribution in [1.29, 1.82) is 0 Å². The van der Waals surface area contributed by atoms with Crippen LogP contribution in [0.3, 0.4) is 0 Å². The Hall–Kier alpha value is -2.54. The molecule has 0 bridgehead atoms. The summed E-state index contributed by atoms with van der Waals surface area (Å²) in [6.45, 7) is 5.48. The fourth-order valence-electron chi connectivity index (χ4n) is 2.55. The summed E-state index contributed by atoms with van der Waals surface area (Å²) >= 11 is 0. The quantitative estimate of drug-likeness (QED) is 0.833. The molecule has 0 aliphatic rings. The first-order valence-corrected chi connectivity index (χ1v) is 9.72. The molecule has 2 aromatic carbocycles. The molecule has 2 aromatic rings. The van der Waals surface area contributed by atoms with E-state index < -0.39 is 21.3 Å². The number of aryl methyl sites for hydroxylation is 2. The van der Waals surface area contributed by atoms with Crippen LogP contribution in [-0.4, -0.2) is 28.2 Å². The Morgan fingerprint density at radius 3 is 2.31 bits per heavy atom. The van der Waals surface area contributed by atoms with E-state index in [1.54, 1.807) is 44.4 Å². The van der Waals surface area contributed by atoms with Gasteiger partial charge in [-0.1, -0.05) is 23.8 Å². The average molecular weight is 377 g/mol. The Bertz CT molecular complexity index is 875. The lowest BCUT2D eigenvalue weighted by atomic mass is 10.1. The van der Waals surface area contributed by atoms with Gasteiger partial charge in [0.25, 0.3) is 0 Å². The highest BCUT2D eigenvalue weighted by molar-refractivity contribution is 7.91. The van der Waals surface area contributed by atoms with E-state index >= 15 is 0 Å². The second kappa shape index (κ2) is 8.23. The predicted octanol–water partition coefficient (Wildman–Crippen LogP) is 3.53. The Kier molecular flexibility index (Phi) is 6.26. The first-order chi connectivity index (χ1) is 12.3. The number of amides is 1. The third kappa shape index (κ3) is 4.35. The van der Waals surface area contributed by atoms with Gasteiger partial charge in [0.05, 0.1) is 18.6 Å². The van der Waals surface area contributed by atoms with Gasteiger partial charge in [-0.05, 0) is 56.2 Å². The summed E-state index contributed by atoms with van der Waals surface area (Å²) in [5, 5.41) is 1.19. The molecule has 7 heteroatoms. The van der Waals surface area contributed by atoms with Crippen LogP contribution < -0.4 is 10.1 Å². The topological polar surface area (TPSA) is 81.7 Å². The molecule has 0 aliphatic carbocycles. The molecule has 0 spiro atoms. The molecule has 0 aromatic heterocycles. The smallest absolute Gasteiger partial charge is 0.408 e. The van der Waals surface area contributed by atoms with Crippen molar-refractivity contribution >= 4 is 15.9 Å². The van der Waals surface area contributed by atoms with E-state index in [1.807, 2.05) is 13.8 Å². The molecule has 26 heavy (non-hydrogen) atoms. The molecule has 6 nitrogen and oxygen atoms in total. The van der Waals surface area contributed by atoms with Crippen LogP contribution in [0.2, 0.25) is 0 Å². The Morgan fingerprint density at radius 1 is 1.12 bits per heavy atom. The molecule has 1 N–H and O–H groups in total. The van der Waals surface area contributed by atoms with Gasteiger partial charge in [0.2, 0.25) is 9.84 Å². The summed E-state index contributed by atoms with van der Waals surface area (Å²) in [5.74, 6) is 0.636. The number of ether oxygens (including phenoxy) is 2. The van der Waals surface area contributed by atoms with Gasteiger partial charge in [0, 0.05) is 0 Å². The summed E-state index contributed by atoms with van der Waals surface area (Å²) in [6, 6.07) is 11.5. The van der Waals surface area contributed by atoms with Crippen LogP contribution in [0.15, 0.2) is 47.4 Å². The number of carbonyl (C=O) groups excluding carboxylic acids is 1.